The van der Waals surface area contributed by atoms with Crippen molar-refractivity contribution < 1.29 is 18.0 Å². The lowest BCUT2D eigenvalue weighted by atomic mass is 9.88. The van der Waals surface area contributed by atoms with Crippen molar-refractivity contribution in [2.45, 2.75) is 31.9 Å². The van der Waals surface area contributed by atoms with E-state index in [0.29, 0.717) is 30.2 Å². The van der Waals surface area contributed by atoms with Crippen LogP contribution in [0.25, 0.3) is 10.2 Å². The molecule has 1 aliphatic rings. The number of carbonyl (C=O) groups excluding carboxylic acids is 1. The van der Waals surface area contributed by atoms with Crippen molar-refractivity contribution in [3.63, 3.8) is 0 Å². The summed E-state index contributed by atoms with van der Waals surface area (Å²) in [6.45, 7) is 0. The van der Waals surface area contributed by atoms with E-state index in [2.05, 4.69) is 4.98 Å². The van der Waals surface area contributed by atoms with Gasteiger partial charge in [0.1, 0.15) is 15.4 Å². The summed E-state index contributed by atoms with van der Waals surface area (Å²) in [5, 5.41) is 0.530. The number of carbonyl (C=O) groups is 1. The number of aryl methyl sites for hydroxylation is 1. The third-order valence-electron chi connectivity index (χ3n) is 4.06. The van der Waals surface area contributed by atoms with Gasteiger partial charge in [-0.1, -0.05) is 0 Å². The van der Waals surface area contributed by atoms with E-state index in [9.17, 15) is 18.0 Å². The van der Waals surface area contributed by atoms with Crippen LogP contribution in [0.15, 0.2) is 0 Å². The number of halogens is 3. The highest BCUT2D eigenvalue weighted by Gasteiger charge is 2.38. The van der Waals surface area contributed by atoms with Gasteiger partial charge in [0, 0.05) is 19.5 Å². The molecule has 8 heteroatoms. The van der Waals surface area contributed by atoms with Gasteiger partial charge in [0.05, 0.1) is 5.69 Å². The summed E-state index contributed by atoms with van der Waals surface area (Å²) >= 11 is 0.936. The number of amides is 1. The Balaban J connectivity index is 2.34. The van der Waals surface area contributed by atoms with Gasteiger partial charge in [-0.3, -0.25) is 4.79 Å². The van der Waals surface area contributed by atoms with E-state index < -0.39 is 11.9 Å². The number of pyridine rings is 1. The fourth-order valence-electron chi connectivity index (χ4n) is 3.01. The quantitative estimate of drug-likeness (QED) is 0.862. The van der Waals surface area contributed by atoms with Crippen molar-refractivity contribution in [3.8, 4) is 0 Å². The predicted molar refractivity (Wildman–Crippen MR) is 83.7 cm³/mol. The van der Waals surface area contributed by atoms with E-state index in [1.54, 1.807) is 14.1 Å². The smallest absolute Gasteiger partial charge is 0.397 e. The molecule has 1 amide bonds. The summed E-state index contributed by atoms with van der Waals surface area (Å²) < 4.78 is 40.0. The van der Waals surface area contributed by atoms with Crippen molar-refractivity contribution in [2.75, 3.05) is 19.8 Å². The number of fused-ring (bicyclic) bond motifs is 3. The van der Waals surface area contributed by atoms with E-state index in [-0.39, 0.29) is 26.9 Å². The van der Waals surface area contributed by atoms with Crippen molar-refractivity contribution >= 4 is 33.1 Å². The molecule has 0 atom stereocenters. The van der Waals surface area contributed by atoms with Crippen molar-refractivity contribution in [3.05, 3.63) is 21.7 Å². The van der Waals surface area contributed by atoms with Gasteiger partial charge in [-0.25, -0.2) is 4.98 Å². The van der Waals surface area contributed by atoms with Gasteiger partial charge >= 0.3 is 6.18 Å². The Labute approximate surface area is 135 Å². The number of hydrogen-bond acceptors (Lipinski definition) is 4. The number of aromatic nitrogens is 1. The highest BCUT2D eigenvalue weighted by molar-refractivity contribution is 7.21. The maximum atomic E-state index is 13.3. The van der Waals surface area contributed by atoms with E-state index >= 15 is 0 Å². The number of hydrogen-bond donors (Lipinski definition) is 1. The molecule has 0 aromatic carbocycles. The lowest BCUT2D eigenvalue weighted by Gasteiger charge is -2.21. The molecule has 0 saturated carbocycles. The maximum absolute atomic E-state index is 13.3. The highest BCUT2D eigenvalue weighted by atomic mass is 32.1. The van der Waals surface area contributed by atoms with Crippen molar-refractivity contribution in [1.82, 2.24) is 9.88 Å². The number of nitrogen functional groups attached to an aromatic ring is 1. The van der Waals surface area contributed by atoms with Gasteiger partial charge in [-0.2, -0.15) is 13.2 Å². The molecule has 0 bridgehead atoms. The van der Waals surface area contributed by atoms with E-state index in [1.165, 1.54) is 4.90 Å². The molecule has 3 rings (SSSR count). The van der Waals surface area contributed by atoms with Gasteiger partial charge < -0.3 is 10.6 Å². The number of anilines is 1. The molecule has 0 radical (unpaired) electrons. The summed E-state index contributed by atoms with van der Waals surface area (Å²) in [7, 11) is 3.16. The Bertz CT molecular complexity index is 796. The number of thiophene rings is 1. The second-order valence-electron chi connectivity index (χ2n) is 5.85. The Morgan fingerprint density at radius 3 is 2.39 bits per heavy atom. The van der Waals surface area contributed by atoms with Crippen LogP contribution in [0.1, 0.15) is 39.3 Å². The summed E-state index contributed by atoms with van der Waals surface area (Å²) in [6, 6.07) is 0. The minimum absolute atomic E-state index is 0.195. The molecule has 2 N–H and O–H groups in total. The minimum Gasteiger partial charge on any atom is -0.397 e. The van der Waals surface area contributed by atoms with Crippen LogP contribution < -0.4 is 5.73 Å². The molecule has 0 fully saturated rings. The van der Waals surface area contributed by atoms with Crippen LogP contribution in [0, 0.1) is 0 Å². The average molecular weight is 343 g/mol. The summed E-state index contributed by atoms with van der Waals surface area (Å²) in [5.41, 5.74) is 6.38. The molecule has 4 nitrogen and oxygen atoms in total. The fourth-order valence-corrected chi connectivity index (χ4v) is 4.16. The Morgan fingerprint density at radius 1 is 1.22 bits per heavy atom. The minimum atomic E-state index is -4.50. The molecule has 23 heavy (non-hydrogen) atoms. The molecule has 0 saturated heterocycles. The molecule has 1 aliphatic carbocycles. The largest absolute Gasteiger partial charge is 0.433 e. The van der Waals surface area contributed by atoms with Gasteiger partial charge in [-0.15, -0.1) is 11.3 Å². The summed E-state index contributed by atoms with van der Waals surface area (Å²) in [5.74, 6) is -0.316. The molecule has 124 valence electrons. The third-order valence-corrected chi connectivity index (χ3v) is 5.15. The number of rotatable bonds is 1. The van der Waals surface area contributed by atoms with Gasteiger partial charge in [-0.05, 0) is 36.8 Å². The van der Waals surface area contributed by atoms with E-state index in [0.717, 1.165) is 17.8 Å². The monoisotopic (exact) mass is 343 g/mol. The first-order chi connectivity index (χ1) is 10.7. The number of alkyl halides is 3. The van der Waals surface area contributed by atoms with Gasteiger partial charge in [0.2, 0.25) is 0 Å². The second-order valence-corrected chi connectivity index (χ2v) is 6.85. The standard InChI is InChI=1S/C15H16F3N3OS/c1-21(2)14(22)11-10(19)9-7-5-3-4-6-8(7)12(15(16,17)18)20-13(9)23-11/h3-6,19H2,1-2H3. The average Bonchev–Trinajstić information content (AvgIpc) is 2.82. The highest BCUT2D eigenvalue weighted by Crippen LogP contribution is 2.43. The zero-order valence-electron chi connectivity index (χ0n) is 12.8. The van der Waals surface area contributed by atoms with Crippen molar-refractivity contribution in [1.29, 1.82) is 0 Å². The molecule has 0 spiro atoms. The first kappa shape index (κ1) is 16.0. The number of nitrogens with two attached hydrogens (primary N) is 1. The fraction of sp³-hybridized carbons (Fsp3) is 0.467. The summed E-state index contributed by atoms with van der Waals surface area (Å²) in [4.78, 5) is 17.8. The third kappa shape index (κ3) is 2.54. The Hall–Kier alpha value is -1.83. The van der Waals surface area contributed by atoms with Crippen LogP contribution in [0.5, 0.6) is 0 Å². The lowest BCUT2D eigenvalue weighted by molar-refractivity contribution is -0.141. The SMILES string of the molecule is CN(C)C(=O)c1sc2nc(C(F)(F)F)c3c(c2c1N)CCCC3. The van der Waals surface area contributed by atoms with Crippen LogP contribution in [0.3, 0.4) is 0 Å². The molecule has 2 heterocycles. The normalized spacial score (nSPS) is 14.8. The summed E-state index contributed by atoms with van der Waals surface area (Å²) in [6.07, 6.45) is -2.10. The Morgan fingerprint density at radius 2 is 1.83 bits per heavy atom. The maximum Gasteiger partial charge on any atom is 0.433 e. The zero-order chi connectivity index (χ0) is 16.9. The molecule has 2 aromatic heterocycles. The van der Waals surface area contributed by atoms with Crippen LogP contribution in [0.4, 0.5) is 18.9 Å². The van der Waals surface area contributed by atoms with E-state index in [4.69, 9.17) is 5.73 Å². The Kier molecular flexibility index (Phi) is 3.74. The first-order valence-corrected chi connectivity index (χ1v) is 8.06. The van der Waals surface area contributed by atoms with Gasteiger partial charge in [0.15, 0.2) is 0 Å². The zero-order valence-corrected chi connectivity index (χ0v) is 13.6. The second kappa shape index (κ2) is 5.36. The van der Waals surface area contributed by atoms with Crippen LogP contribution in [-0.2, 0) is 19.0 Å². The molecular formula is C15H16F3N3OS. The van der Waals surface area contributed by atoms with Crippen molar-refractivity contribution in [2.24, 2.45) is 0 Å². The molecule has 0 unspecified atom stereocenters. The van der Waals surface area contributed by atoms with Gasteiger partial charge in [0.25, 0.3) is 5.91 Å². The molecule has 2 aromatic rings. The lowest BCUT2D eigenvalue weighted by Crippen LogP contribution is -2.21. The molecule has 0 aliphatic heterocycles. The predicted octanol–water partition coefficient (Wildman–Crippen LogP) is 3.48. The molecular weight excluding hydrogens is 327 g/mol. The van der Waals surface area contributed by atoms with Crippen LogP contribution in [0.2, 0.25) is 0 Å². The van der Waals surface area contributed by atoms with E-state index in [1.807, 2.05) is 0 Å². The van der Waals surface area contributed by atoms with Crippen LogP contribution >= 0.6 is 11.3 Å². The first-order valence-electron chi connectivity index (χ1n) is 7.24. The topological polar surface area (TPSA) is 59.2 Å². The van der Waals surface area contributed by atoms with Crippen LogP contribution in [-0.4, -0.2) is 29.9 Å². The number of nitrogens with zero attached hydrogens (tertiary/aromatic N) is 2.